The molecule has 0 heterocycles. The summed E-state index contributed by atoms with van der Waals surface area (Å²) in [7, 11) is 0. The Morgan fingerprint density at radius 1 is 1.46 bits per heavy atom. The van der Waals surface area contributed by atoms with Gasteiger partial charge in [-0.25, -0.2) is 4.79 Å². The first-order valence-corrected chi connectivity index (χ1v) is 4.45. The van der Waals surface area contributed by atoms with E-state index in [2.05, 4.69) is 13.5 Å². The van der Waals surface area contributed by atoms with Crippen molar-refractivity contribution in [2.45, 2.75) is 32.8 Å². The van der Waals surface area contributed by atoms with Crippen molar-refractivity contribution in [3.05, 3.63) is 12.7 Å². The molecule has 0 aliphatic carbocycles. The van der Waals surface area contributed by atoms with Crippen LogP contribution in [0.15, 0.2) is 12.7 Å². The third-order valence-corrected chi connectivity index (χ3v) is 1.84. The van der Waals surface area contributed by atoms with E-state index in [-0.39, 0.29) is 12.2 Å². The summed E-state index contributed by atoms with van der Waals surface area (Å²) in [4.78, 5) is 10.6. The summed E-state index contributed by atoms with van der Waals surface area (Å²) < 4.78 is 10.2. The van der Waals surface area contributed by atoms with Gasteiger partial charge in [-0.2, -0.15) is 0 Å². The molecule has 0 amide bonds. The molecule has 0 aliphatic heterocycles. The number of carbonyl (C=O) groups is 1. The predicted octanol–water partition coefficient (Wildman–Crippen LogP) is 1.92. The molecule has 0 unspecified atom stereocenters. The molecule has 76 valence electrons. The molecule has 0 aromatic rings. The summed E-state index contributed by atoms with van der Waals surface area (Å²) in [5.74, 6) is -0.405. The van der Waals surface area contributed by atoms with Gasteiger partial charge in [0, 0.05) is 6.08 Å². The Kier molecular flexibility index (Phi) is 5.39. The van der Waals surface area contributed by atoms with Gasteiger partial charge < -0.3 is 9.47 Å². The molecular weight excluding hydrogens is 168 g/mol. The average Bonchev–Trinajstić information content (AvgIpc) is 2.12. The maximum Gasteiger partial charge on any atom is 0.330 e. The van der Waals surface area contributed by atoms with Gasteiger partial charge in [-0.05, 0) is 20.3 Å². The molecule has 0 saturated carbocycles. The minimum absolute atomic E-state index is 0.138. The lowest BCUT2D eigenvalue weighted by Crippen LogP contribution is -2.25. The number of hydrogen-bond acceptors (Lipinski definition) is 3. The minimum Gasteiger partial charge on any atom is -0.460 e. The van der Waals surface area contributed by atoms with Crippen LogP contribution in [0.4, 0.5) is 0 Å². The van der Waals surface area contributed by atoms with Crippen molar-refractivity contribution in [2.75, 3.05) is 13.2 Å². The second-order valence-corrected chi connectivity index (χ2v) is 3.33. The first-order chi connectivity index (χ1) is 6.02. The lowest BCUT2D eigenvalue weighted by molar-refractivity contribution is -0.141. The maximum absolute atomic E-state index is 10.6. The SMILES string of the molecule is C=CC(=O)OCCOC(C)(C)CC. The molecule has 0 radical (unpaired) electrons. The molecule has 0 N–H and O–H groups in total. The summed E-state index contributed by atoms with van der Waals surface area (Å²) in [5.41, 5.74) is -0.138. The van der Waals surface area contributed by atoms with Crippen LogP contribution in [0.1, 0.15) is 27.2 Å². The summed E-state index contributed by atoms with van der Waals surface area (Å²) >= 11 is 0. The van der Waals surface area contributed by atoms with Crippen LogP contribution >= 0.6 is 0 Å². The van der Waals surface area contributed by atoms with Crippen LogP contribution in [0.25, 0.3) is 0 Å². The lowest BCUT2D eigenvalue weighted by Gasteiger charge is -2.23. The zero-order valence-electron chi connectivity index (χ0n) is 8.63. The first kappa shape index (κ1) is 12.2. The number of ether oxygens (including phenoxy) is 2. The van der Waals surface area contributed by atoms with Gasteiger partial charge in [0.1, 0.15) is 6.61 Å². The summed E-state index contributed by atoms with van der Waals surface area (Å²) in [6.07, 6.45) is 2.08. The number of carbonyl (C=O) groups excluding carboxylic acids is 1. The largest absolute Gasteiger partial charge is 0.460 e. The van der Waals surface area contributed by atoms with Crippen LogP contribution in [0.2, 0.25) is 0 Å². The Morgan fingerprint density at radius 3 is 2.54 bits per heavy atom. The molecular formula is C10H18O3. The molecule has 0 atom stereocenters. The number of rotatable bonds is 6. The van der Waals surface area contributed by atoms with E-state index in [4.69, 9.17) is 9.47 Å². The fourth-order valence-corrected chi connectivity index (χ4v) is 0.621. The van der Waals surface area contributed by atoms with Crippen LogP contribution in [0.3, 0.4) is 0 Å². The quantitative estimate of drug-likeness (QED) is 0.361. The van der Waals surface area contributed by atoms with Crippen molar-refractivity contribution in [1.82, 2.24) is 0 Å². The van der Waals surface area contributed by atoms with Gasteiger partial charge in [-0.1, -0.05) is 13.5 Å². The molecule has 0 saturated heterocycles. The molecule has 3 heteroatoms. The molecule has 0 aromatic heterocycles. The van der Waals surface area contributed by atoms with E-state index in [1.165, 1.54) is 0 Å². The van der Waals surface area contributed by atoms with Gasteiger partial charge in [0.05, 0.1) is 12.2 Å². The molecule has 0 rings (SSSR count). The Balaban J connectivity index is 3.46. The smallest absolute Gasteiger partial charge is 0.330 e. The second-order valence-electron chi connectivity index (χ2n) is 3.33. The summed E-state index contributed by atoms with van der Waals surface area (Å²) in [5, 5.41) is 0. The molecule has 3 nitrogen and oxygen atoms in total. The minimum atomic E-state index is -0.405. The highest BCUT2D eigenvalue weighted by atomic mass is 16.6. The van der Waals surface area contributed by atoms with Crippen LogP contribution in [-0.2, 0) is 14.3 Å². The molecule has 0 fully saturated rings. The average molecular weight is 186 g/mol. The van der Waals surface area contributed by atoms with Gasteiger partial charge >= 0.3 is 5.97 Å². The third-order valence-electron chi connectivity index (χ3n) is 1.84. The van der Waals surface area contributed by atoms with Gasteiger partial charge in [0.2, 0.25) is 0 Å². The summed E-state index contributed by atoms with van der Waals surface area (Å²) in [6, 6.07) is 0. The molecule has 0 aromatic carbocycles. The van der Waals surface area contributed by atoms with Crippen LogP contribution < -0.4 is 0 Å². The maximum atomic E-state index is 10.6. The van der Waals surface area contributed by atoms with Crippen molar-refractivity contribution < 1.29 is 14.3 Å². The topological polar surface area (TPSA) is 35.5 Å². The zero-order chi connectivity index (χ0) is 10.3. The molecule has 13 heavy (non-hydrogen) atoms. The highest BCUT2D eigenvalue weighted by Crippen LogP contribution is 2.12. The molecule has 0 aliphatic rings. The second kappa shape index (κ2) is 5.75. The van der Waals surface area contributed by atoms with Gasteiger partial charge in [0.15, 0.2) is 0 Å². The van der Waals surface area contributed by atoms with Crippen LogP contribution in [0, 0.1) is 0 Å². The zero-order valence-corrected chi connectivity index (χ0v) is 8.63. The van der Waals surface area contributed by atoms with Crippen LogP contribution in [-0.4, -0.2) is 24.8 Å². The molecule has 0 spiro atoms. The Bertz CT molecular complexity index is 173. The standard InChI is InChI=1S/C10H18O3/c1-5-9(11)12-7-8-13-10(3,4)6-2/h5H,1,6-8H2,2-4H3. The van der Waals surface area contributed by atoms with Crippen LogP contribution in [0.5, 0.6) is 0 Å². The fourth-order valence-electron chi connectivity index (χ4n) is 0.621. The summed E-state index contributed by atoms with van der Waals surface area (Å²) in [6.45, 7) is 10.1. The van der Waals surface area contributed by atoms with Crippen molar-refractivity contribution in [3.8, 4) is 0 Å². The Labute approximate surface area is 79.7 Å². The van der Waals surface area contributed by atoms with Crippen molar-refractivity contribution in [2.24, 2.45) is 0 Å². The normalized spacial score (nSPS) is 11.0. The van der Waals surface area contributed by atoms with Crippen molar-refractivity contribution in [1.29, 1.82) is 0 Å². The van der Waals surface area contributed by atoms with E-state index in [1.807, 2.05) is 13.8 Å². The van der Waals surface area contributed by atoms with E-state index in [0.717, 1.165) is 12.5 Å². The van der Waals surface area contributed by atoms with E-state index >= 15 is 0 Å². The van der Waals surface area contributed by atoms with E-state index < -0.39 is 5.97 Å². The predicted molar refractivity (Wildman–Crippen MR) is 51.5 cm³/mol. The van der Waals surface area contributed by atoms with Crippen molar-refractivity contribution >= 4 is 5.97 Å². The Morgan fingerprint density at radius 2 is 2.08 bits per heavy atom. The third kappa shape index (κ3) is 6.34. The first-order valence-electron chi connectivity index (χ1n) is 4.45. The molecule has 0 bridgehead atoms. The van der Waals surface area contributed by atoms with Gasteiger partial charge in [-0.3, -0.25) is 0 Å². The van der Waals surface area contributed by atoms with E-state index in [0.29, 0.717) is 6.61 Å². The monoisotopic (exact) mass is 186 g/mol. The van der Waals surface area contributed by atoms with E-state index in [9.17, 15) is 4.79 Å². The van der Waals surface area contributed by atoms with E-state index in [1.54, 1.807) is 0 Å². The highest BCUT2D eigenvalue weighted by Gasteiger charge is 2.14. The van der Waals surface area contributed by atoms with Crippen molar-refractivity contribution in [3.63, 3.8) is 0 Å². The van der Waals surface area contributed by atoms with Gasteiger partial charge in [0.25, 0.3) is 0 Å². The van der Waals surface area contributed by atoms with Gasteiger partial charge in [-0.15, -0.1) is 0 Å². The lowest BCUT2D eigenvalue weighted by atomic mass is 10.1. The number of hydrogen-bond donors (Lipinski definition) is 0. The fraction of sp³-hybridized carbons (Fsp3) is 0.700. The number of esters is 1. The highest BCUT2D eigenvalue weighted by molar-refractivity contribution is 5.81. The Hall–Kier alpha value is -0.830.